The molecule has 1 aromatic rings. The van der Waals surface area contributed by atoms with Crippen LogP contribution in [0.1, 0.15) is 2.85 Å². The van der Waals surface area contributed by atoms with E-state index in [1.807, 2.05) is 0 Å². The second kappa shape index (κ2) is 4.44. The van der Waals surface area contributed by atoms with Crippen LogP contribution < -0.4 is 5.73 Å². The van der Waals surface area contributed by atoms with Gasteiger partial charge in [0, 0.05) is 10.6 Å². The third-order valence-corrected chi connectivity index (χ3v) is 1.38. The Morgan fingerprint density at radius 3 is 2.50 bits per heavy atom. The Balaban J connectivity index is -0.000000270. The van der Waals surface area contributed by atoms with Crippen LogP contribution in [-0.2, 0) is 0 Å². The molecule has 52 valence electrons. The quantitative estimate of drug-likeness (QED) is 0.358. The molecule has 0 heterocycles. The summed E-state index contributed by atoms with van der Waals surface area (Å²) in [6.07, 6.45) is 0. The molecule has 1 aromatic carbocycles. The minimum Gasteiger partial charge on any atom is -1.00 e. The van der Waals surface area contributed by atoms with Gasteiger partial charge in [-0.1, -0.05) is 0 Å². The Labute approximate surface area is 97.2 Å². The molecule has 1 rings (SSSR count). The monoisotopic (exact) mass is 185 g/mol. The summed E-state index contributed by atoms with van der Waals surface area (Å²) >= 11 is 3.90. The first-order valence-corrected chi connectivity index (χ1v) is 2.89. The van der Waals surface area contributed by atoms with E-state index in [-0.39, 0.29) is 46.4 Å². The van der Waals surface area contributed by atoms with Crippen LogP contribution in [0.2, 0.25) is 0 Å². The van der Waals surface area contributed by atoms with Crippen molar-refractivity contribution >= 4 is 56.1 Å². The zero-order valence-electron chi connectivity index (χ0n) is 7.34. The van der Waals surface area contributed by atoms with Crippen LogP contribution in [0.15, 0.2) is 23.1 Å². The van der Waals surface area contributed by atoms with Gasteiger partial charge in [-0.2, -0.15) is 0 Å². The molecule has 0 radical (unpaired) electrons. The first-order chi connectivity index (χ1) is 4.20. The van der Waals surface area contributed by atoms with E-state index < -0.39 is 0 Å². The molecule has 0 aliphatic carbocycles. The maximum absolute atomic E-state index is 12.2. The molecule has 0 fully saturated rings. The molecule has 0 atom stereocenters. The summed E-state index contributed by atoms with van der Waals surface area (Å²) in [6.45, 7) is 0. The average Bonchev–Trinajstić information content (AvgIpc) is 1.80. The Bertz CT molecular complexity index is 237. The Hall–Kier alpha value is 0.560. The first-order valence-electron chi connectivity index (χ1n) is 2.44. The SMILES string of the molecule is Nc1ccc(F)cc1S.[Ca+2].[H-].[H-]. The van der Waals surface area contributed by atoms with Gasteiger partial charge in [-0.3, -0.25) is 0 Å². The number of hydrogen-bond donors (Lipinski definition) is 2. The fraction of sp³-hybridized carbons (Fsp3) is 0. The molecule has 1 nitrogen and oxygen atoms in total. The molecular weight excluding hydrogens is 177 g/mol. The predicted octanol–water partition coefficient (Wildman–Crippen LogP) is 1.54. The molecule has 0 amide bonds. The number of hydrogen-bond acceptors (Lipinski definition) is 2. The molecule has 0 aromatic heterocycles. The fourth-order valence-corrected chi connectivity index (χ4v) is 0.715. The second-order valence-electron chi connectivity index (χ2n) is 1.70. The first kappa shape index (κ1) is 10.6. The van der Waals surface area contributed by atoms with Crippen molar-refractivity contribution in [3.8, 4) is 0 Å². The van der Waals surface area contributed by atoms with Crippen LogP contribution >= 0.6 is 12.6 Å². The third-order valence-electron chi connectivity index (χ3n) is 0.992. The van der Waals surface area contributed by atoms with Crippen molar-refractivity contribution in [1.82, 2.24) is 0 Å². The van der Waals surface area contributed by atoms with Gasteiger partial charge in [0.05, 0.1) is 0 Å². The van der Waals surface area contributed by atoms with Gasteiger partial charge >= 0.3 is 37.7 Å². The van der Waals surface area contributed by atoms with E-state index in [1.54, 1.807) is 0 Å². The summed E-state index contributed by atoms with van der Waals surface area (Å²) in [6, 6.07) is 4.06. The number of halogens is 1. The summed E-state index contributed by atoms with van der Waals surface area (Å²) in [5, 5.41) is 0. The van der Waals surface area contributed by atoms with E-state index in [9.17, 15) is 4.39 Å². The van der Waals surface area contributed by atoms with Crippen LogP contribution in [0.5, 0.6) is 0 Å². The van der Waals surface area contributed by atoms with Crippen molar-refractivity contribution in [2.75, 3.05) is 5.73 Å². The number of nitrogens with two attached hydrogens (primary N) is 1. The van der Waals surface area contributed by atoms with Crippen molar-refractivity contribution in [3.05, 3.63) is 24.0 Å². The second-order valence-corrected chi connectivity index (χ2v) is 2.18. The Morgan fingerprint density at radius 2 is 2.10 bits per heavy atom. The van der Waals surface area contributed by atoms with Crippen molar-refractivity contribution in [2.24, 2.45) is 0 Å². The normalized spacial score (nSPS) is 8.60. The van der Waals surface area contributed by atoms with E-state index >= 15 is 0 Å². The van der Waals surface area contributed by atoms with Crippen LogP contribution in [0.25, 0.3) is 0 Å². The molecular formula is C6H8CaFNS. The molecule has 0 unspecified atom stereocenters. The fourth-order valence-electron chi connectivity index (χ4n) is 0.517. The van der Waals surface area contributed by atoms with Gasteiger partial charge in [-0.25, -0.2) is 4.39 Å². The van der Waals surface area contributed by atoms with E-state index in [1.165, 1.54) is 18.2 Å². The minimum absolute atomic E-state index is 0. The Morgan fingerprint density at radius 1 is 1.50 bits per heavy atom. The van der Waals surface area contributed by atoms with Gasteiger partial charge in [0.1, 0.15) is 5.82 Å². The van der Waals surface area contributed by atoms with E-state index in [0.29, 0.717) is 10.6 Å². The van der Waals surface area contributed by atoms with Gasteiger partial charge in [-0.15, -0.1) is 12.6 Å². The zero-order chi connectivity index (χ0) is 6.85. The van der Waals surface area contributed by atoms with Gasteiger partial charge in [0.15, 0.2) is 0 Å². The number of nitrogen functional groups attached to an aromatic ring is 1. The minimum atomic E-state index is -0.311. The van der Waals surface area contributed by atoms with Crippen LogP contribution in [0.3, 0.4) is 0 Å². The van der Waals surface area contributed by atoms with E-state index in [0.717, 1.165) is 0 Å². The summed E-state index contributed by atoms with van der Waals surface area (Å²) < 4.78 is 12.2. The van der Waals surface area contributed by atoms with Gasteiger partial charge in [0.2, 0.25) is 0 Å². The Kier molecular flexibility index (Phi) is 4.69. The predicted molar refractivity (Wildman–Crippen MR) is 46.0 cm³/mol. The third kappa shape index (κ3) is 2.66. The summed E-state index contributed by atoms with van der Waals surface area (Å²) in [4.78, 5) is 0.481. The summed E-state index contributed by atoms with van der Waals surface area (Å²) in [5.74, 6) is -0.311. The van der Waals surface area contributed by atoms with E-state index in [2.05, 4.69) is 12.6 Å². The number of rotatable bonds is 0. The molecule has 0 aliphatic heterocycles. The van der Waals surface area contributed by atoms with Gasteiger partial charge in [0.25, 0.3) is 0 Å². The number of thiol groups is 1. The molecule has 4 heteroatoms. The molecule has 0 saturated carbocycles. The molecule has 0 saturated heterocycles. The molecule has 0 spiro atoms. The van der Waals surface area contributed by atoms with Crippen LogP contribution in [0, 0.1) is 5.82 Å². The van der Waals surface area contributed by atoms with Crippen molar-refractivity contribution < 1.29 is 7.24 Å². The van der Waals surface area contributed by atoms with Crippen molar-refractivity contribution in [1.29, 1.82) is 0 Å². The summed E-state index contributed by atoms with van der Waals surface area (Å²) in [7, 11) is 0. The van der Waals surface area contributed by atoms with Crippen LogP contribution in [-0.4, -0.2) is 37.7 Å². The average molecular weight is 185 g/mol. The molecule has 10 heavy (non-hydrogen) atoms. The van der Waals surface area contributed by atoms with Gasteiger partial charge < -0.3 is 8.59 Å². The number of anilines is 1. The van der Waals surface area contributed by atoms with Crippen molar-refractivity contribution in [2.45, 2.75) is 4.90 Å². The van der Waals surface area contributed by atoms with Crippen molar-refractivity contribution in [3.63, 3.8) is 0 Å². The molecule has 0 bridgehead atoms. The molecule has 0 aliphatic rings. The smallest absolute Gasteiger partial charge is 1.00 e. The zero-order valence-corrected chi connectivity index (χ0v) is 8.44. The topological polar surface area (TPSA) is 26.0 Å². The maximum Gasteiger partial charge on any atom is 2.00 e. The van der Waals surface area contributed by atoms with Crippen LogP contribution in [0.4, 0.5) is 10.1 Å². The largest absolute Gasteiger partial charge is 2.00 e. The summed E-state index contributed by atoms with van der Waals surface area (Å²) in [5.41, 5.74) is 5.85. The van der Waals surface area contributed by atoms with E-state index in [4.69, 9.17) is 5.73 Å². The standard InChI is InChI=1S/C6H6FNS.Ca.2H/c7-4-1-2-5(8)6(9)3-4;;;/h1-3,9H,8H2;;;/q;+2;2*-1. The van der Waals surface area contributed by atoms with Gasteiger partial charge in [-0.05, 0) is 18.2 Å². The maximum atomic E-state index is 12.2. The molecule has 2 N–H and O–H groups in total. The number of benzene rings is 1.